The first-order valence-electron chi connectivity index (χ1n) is 6.49. The molecule has 0 spiro atoms. The topological polar surface area (TPSA) is 73.0 Å². The number of furan rings is 1. The third-order valence-corrected chi connectivity index (χ3v) is 3.61. The first-order chi connectivity index (χ1) is 10.2. The molecule has 3 rings (SSSR count). The molecule has 0 aromatic carbocycles. The van der Waals surface area contributed by atoms with Crippen LogP contribution < -0.4 is 5.32 Å². The lowest BCUT2D eigenvalue weighted by atomic mass is 10.4. The lowest BCUT2D eigenvalue weighted by Gasteiger charge is -2.02. The van der Waals surface area contributed by atoms with Crippen LogP contribution >= 0.6 is 11.3 Å². The van der Waals surface area contributed by atoms with Gasteiger partial charge < -0.3 is 9.73 Å². The molecule has 0 saturated carbocycles. The second-order valence-electron chi connectivity index (χ2n) is 4.59. The van der Waals surface area contributed by atoms with Crippen LogP contribution in [-0.4, -0.2) is 20.7 Å². The van der Waals surface area contributed by atoms with E-state index in [2.05, 4.69) is 15.4 Å². The van der Waals surface area contributed by atoms with Crippen LogP contribution in [0.1, 0.15) is 12.0 Å². The summed E-state index contributed by atoms with van der Waals surface area (Å²) in [7, 11) is 0. The Kier molecular flexibility index (Phi) is 3.83. The molecular weight excluding hydrogens is 288 g/mol. The van der Waals surface area contributed by atoms with Gasteiger partial charge in [-0.15, -0.1) is 11.3 Å². The van der Waals surface area contributed by atoms with Crippen LogP contribution in [0.15, 0.2) is 40.6 Å². The zero-order valence-electron chi connectivity index (χ0n) is 11.4. The van der Waals surface area contributed by atoms with Crippen molar-refractivity contribution in [2.24, 2.45) is 0 Å². The number of anilines is 1. The largest absolute Gasteiger partial charge is 0.463 e. The van der Waals surface area contributed by atoms with Gasteiger partial charge in [0.1, 0.15) is 5.69 Å². The zero-order valence-corrected chi connectivity index (χ0v) is 12.3. The van der Waals surface area contributed by atoms with Gasteiger partial charge in [0.05, 0.1) is 12.5 Å². The van der Waals surface area contributed by atoms with Gasteiger partial charge in [-0.2, -0.15) is 5.10 Å². The number of rotatable bonds is 5. The summed E-state index contributed by atoms with van der Waals surface area (Å²) in [5.74, 6) is 0.613. The number of aromatic nitrogens is 3. The number of carbonyl (C=O) groups excluding carboxylic acids is 1. The highest BCUT2D eigenvalue weighted by Crippen LogP contribution is 2.25. The molecule has 6 nitrogen and oxygen atoms in total. The van der Waals surface area contributed by atoms with Crippen LogP contribution in [0.5, 0.6) is 0 Å². The predicted molar refractivity (Wildman–Crippen MR) is 80.0 cm³/mol. The van der Waals surface area contributed by atoms with Gasteiger partial charge in [-0.25, -0.2) is 4.98 Å². The standard InChI is InChI=1S/C14H14N4O2S/c1-10-7-15-18(8-10)5-4-13(19)17-14-16-11(9-21-14)12-3-2-6-20-12/h2-3,6-9H,4-5H2,1H3,(H,16,17,19). The normalized spacial score (nSPS) is 10.7. The molecule has 0 fully saturated rings. The average molecular weight is 302 g/mol. The Balaban J connectivity index is 1.55. The summed E-state index contributed by atoms with van der Waals surface area (Å²) in [4.78, 5) is 16.2. The van der Waals surface area contributed by atoms with E-state index in [0.29, 0.717) is 23.9 Å². The maximum atomic E-state index is 11.9. The van der Waals surface area contributed by atoms with Crippen molar-refractivity contribution in [3.63, 3.8) is 0 Å². The average Bonchev–Trinajstić information content (AvgIpc) is 3.16. The Morgan fingerprint density at radius 1 is 1.52 bits per heavy atom. The molecule has 0 unspecified atom stereocenters. The third-order valence-electron chi connectivity index (χ3n) is 2.85. The summed E-state index contributed by atoms with van der Waals surface area (Å²) in [6.45, 7) is 2.52. The van der Waals surface area contributed by atoms with Gasteiger partial charge in [-0.3, -0.25) is 9.48 Å². The first-order valence-corrected chi connectivity index (χ1v) is 7.37. The maximum Gasteiger partial charge on any atom is 0.228 e. The number of aryl methyl sites for hydroxylation is 2. The van der Waals surface area contributed by atoms with E-state index in [9.17, 15) is 4.79 Å². The number of nitrogens with one attached hydrogen (secondary N) is 1. The Labute approximate surface area is 125 Å². The number of amides is 1. The number of nitrogens with zero attached hydrogens (tertiary/aromatic N) is 3. The van der Waals surface area contributed by atoms with Gasteiger partial charge in [-0.05, 0) is 24.6 Å². The van der Waals surface area contributed by atoms with Crippen LogP contribution in [0.2, 0.25) is 0 Å². The minimum Gasteiger partial charge on any atom is -0.463 e. The van der Waals surface area contributed by atoms with Gasteiger partial charge in [0, 0.05) is 24.5 Å². The van der Waals surface area contributed by atoms with E-state index >= 15 is 0 Å². The summed E-state index contributed by atoms with van der Waals surface area (Å²) >= 11 is 1.38. The maximum absolute atomic E-state index is 11.9. The van der Waals surface area contributed by atoms with E-state index in [4.69, 9.17) is 4.42 Å². The minimum absolute atomic E-state index is 0.0801. The third kappa shape index (κ3) is 3.38. The van der Waals surface area contributed by atoms with E-state index in [0.717, 1.165) is 11.3 Å². The molecule has 0 aliphatic heterocycles. The van der Waals surface area contributed by atoms with Gasteiger partial charge in [0.15, 0.2) is 10.9 Å². The molecule has 3 aromatic heterocycles. The molecule has 3 heterocycles. The Hall–Kier alpha value is -2.41. The molecule has 0 atom stereocenters. The second kappa shape index (κ2) is 5.92. The fourth-order valence-electron chi connectivity index (χ4n) is 1.86. The summed E-state index contributed by atoms with van der Waals surface area (Å²) in [6.07, 6.45) is 5.63. The second-order valence-corrected chi connectivity index (χ2v) is 5.45. The molecule has 0 aliphatic rings. The van der Waals surface area contributed by atoms with Crippen molar-refractivity contribution in [2.45, 2.75) is 19.9 Å². The quantitative estimate of drug-likeness (QED) is 0.786. The van der Waals surface area contributed by atoms with Crippen molar-refractivity contribution in [1.29, 1.82) is 0 Å². The van der Waals surface area contributed by atoms with Crippen molar-refractivity contribution in [3.05, 3.63) is 41.7 Å². The van der Waals surface area contributed by atoms with Crippen molar-refractivity contribution in [2.75, 3.05) is 5.32 Å². The van der Waals surface area contributed by atoms with E-state index in [1.165, 1.54) is 11.3 Å². The smallest absolute Gasteiger partial charge is 0.228 e. The lowest BCUT2D eigenvalue weighted by molar-refractivity contribution is -0.116. The van der Waals surface area contributed by atoms with Crippen LogP contribution in [-0.2, 0) is 11.3 Å². The molecular formula is C14H14N4O2S. The van der Waals surface area contributed by atoms with E-state index in [-0.39, 0.29) is 5.91 Å². The molecule has 7 heteroatoms. The first kappa shape index (κ1) is 13.6. The van der Waals surface area contributed by atoms with Crippen molar-refractivity contribution in [3.8, 4) is 11.5 Å². The summed E-state index contributed by atoms with van der Waals surface area (Å²) < 4.78 is 7.02. The molecule has 0 radical (unpaired) electrons. The highest BCUT2D eigenvalue weighted by Gasteiger charge is 2.09. The summed E-state index contributed by atoms with van der Waals surface area (Å²) in [6, 6.07) is 3.64. The van der Waals surface area contributed by atoms with Gasteiger partial charge in [0.25, 0.3) is 0 Å². The van der Waals surface area contributed by atoms with Gasteiger partial charge in [-0.1, -0.05) is 0 Å². The molecule has 108 valence electrons. The molecule has 21 heavy (non-hydrogen) atoms. The lowest BCUT2D eigenvalue weighted by Crippen LogP contribution is -2.14. The monoisotopic (exact) mass is 302 g/mol. The number of carbonyl (C=O) groups is 1. The number of hydrogen-bond acceptors (Lipinski definition) is 5. The summed E-state index contributed by atoms with van der Waals surface area (Å²) in [5, 5.41) is 9.36. The van der Waals surface area contributed by atoms with Crippen LogP contribution in [0.25, 0.3) is 11.5 Å². The zero-order chi connectivity index (χ0) is 14.7. The van der Waals surface area contributed by atoms with Crippen molar-refractivity contribution in [1.82, 2.24) is 14.8 Å². The van der Waals surface area contributed by atoms with Crippen LogP contribution in [0.3, 0.4) is 0 Å². The molecule has 0 bridgehead atoms. The number of hydrogen-bond donors (Lipinski definition) is 1. The molecule has 3 aromatic rings. The van der Waals surface area contributed by atoms with E-state index in [1.54, 1.807) is 23.2 Å². The van der Waals surface area contributed by atoms with E-state index in [1.807, 2.05) is 24.6 Å². The Morgan fingerprint density at radius 2 is 2.43 bits per heavy atom. The van der Waals surface area contributed by atoms with Gasteiger partial charge >= 0.3 is 0 Å². The minimum atomic E-state index is -0.0801. The van der Waals surface area contributed by atoms with Gasteiger partial charge in [0.2, 0.25) is 5.91 Å². The van der Waals surface area contributed by atoms with Crippen LogP contribution in [0, 0.1) is 6.92 Å². The van der Waals surface area contributed by atoms with E-state index < -0.39 is 0 Å². The predicted octanol–water partition coefficient (Wildman–Crippen LogP) is 2.94. The molecule has 1 N–H and O–H groups in total. The van der Waals surface area contributed by atoms with Crippen molar-refractivity contribution >= 4 is 22.4 Å². The summed E-state index contributed by atoms with van der Waals surface area (Å²) in [5.41, 5.74) is 1.81. The SMILES string of the molecule is Cc1cnn(CCC(=O)Nc2nc(-c3ccco3)cs2)c1. The van der Waals surface area contributed by atoms with Crippen LogP contribution in [0.4, 0.5) is 5.13 Å². The Morgan fingerprint density at radius 3 is 3.14 bits per heavy atom. The highest BCUT2D eigenvalue weighted by molar-refractivity contribution is 7.14. The fourth-order valence-corrected chi connectivity index (χ4v) is 2.57. The molecule has 0 saturated heterocycles. The molecule has 0 aliphatic carbocycles. The fraction of sp³-hybridized carbons (Fsp3) is 0.214. The highest BCUT2D eigenvalue weighted by atomic mass is 32.1. The van der Waals surface area contributed by atoms with Crippen molar-refractivity contribution < 1.29 is 9.21 Å². The Bertz CT molecular complexity index is 730. The number of thiazole rings is 1. The molecule has 1 amide bonds.